The Bertz CT molecular complexity index is 558. The quantitative estimate of drug-likeness (QED) is 0.652. The van der Waals surface area contributed by atoms with Crippen LogP contribution in [0.25, 0.3) is 0 Å². The van der Waals surface area contributed by atoms with Crippen LogP contribution in [0.3, 0.4) is 0 Å². The monoisotopic (exact) mass is 278 g/mol. The molecule has 1 aliphatic rings. The zero-order chi connectivity index (χ0) is 14.9. The molecule has 0 saturated heterocycles. The topological polar surface area (TPSA) is 92.5 Å². The van der Waals surface area contributed by atoms with Gasteiger partial charge in [0.15, 0.2) is 0 Å². The van der Waals surface area contributed by atoms with Crippen molar-refractivity contribution in [2.45, 2.75) is 39.2 Å². The summed E-state index contributed by atoms with van der Waals surface area (Å²) in [6.07, 6.45) is 2.30. The van der Waals surface area contributed by atoms with Crippen molar-refractivity contribution in [1.29, 1.82) is 0 Å². The van der Waals surface area contributed by atoms with Crippen molar-refractivity contribution in [3.05, 3.63) is 33.9 Å². The standard InChI is InChI=1S/C14H18N2O4/c1-9-8-10(5-6-11(9)16(19)20)15-12-4-3-7-14(12,2)13(17)18/h5-6,8,12,15H,3-4,7H2,1-2H3,(H,17,18). The molecule has 1 saturated carbocycles. The van der Waals surface area contributed by atoms with E-state index < -0.39 is 16.3 Å². The first-order valence-corrected chi connectivity index (χ1v) is 6.59. The number of nitrogens with zero attached hydrogens (tertiary/aromatic N) is 1. The van der Waals surface area contributed by atoms with Crippen molar-refractivity contribution in [2.75, 3.05) is 5.32 Å². The number of nitro benzene ring substituents is 1. The number of nitro groups is 1. The van der Waals surface area contributed by atoms with E-state index in [1.54, 1.807) is 26.0 Å². The van der Waals surface area contributed by atoms with Crippen LogP contribution in [0.2, 0.25) is 0 Å². The van der Waals surface area contributed by atoms with Crippen LogP contribution in [-0.4, -0.2) is 22.0 Å². The first kappa shape index (κ1) is 14.3. The van der Waals surface area contributed by atoms with E-state index in [0.717, 1.165) is 18.5 Å². The number of carbonyl (C=O) groups is 1. The Morgan fingerprint density at radius 2 is 2.25 bits per heavy atom. The SMILES string of the molecule is Cc1cc(NC2CCCC2(C)C(=O)O)ccc1[N+](=O)[O-]. The van der Waals surface area contributed by atoms with E-state index >= 15 is 0 Å². The Morgan fingerprint density at radius 3 is 2.80 bits per heavy atom. The molecule has 2 atom stereocenters. The van der Waals surface area contributed by atoms with E-state index in [1.165, 1.54) is 6.07 Å². The molecule has 0 aliphatic heterocycles. The average Bonchev–Trinajstić information content (AvgIpc) is 2.72. The summed E-state index contributed by atoms with van der Waals surface area (Å²) in [6, 6.07) is 4.62. The number of carboxylic acids is 1. The second kappa shape index (κ2) is 5.11. The van der Waals surface area contributed by atoms with Crippen LogP contribution in [0.5, 0.6) is 0 Å². The van der Waals surface area contributed by atoms with E-state index in [1.807, 2.05) is 0 Å². The van der Waals surface area contributed by atoms with Crippen LogP contribution >= 0.6 is 0 Å². The van der Waals surface area contributed by atoms with Gasteiger partial charge in [0, 0.05) is 23.4 Å². The van der Waals surface area contributed by atoms with Gasteiger partial charge in [0.25, 0.3) is 5.69 Å². The highest BCUT2D eigenvalue weighted by Crippen LogP contribution is 2.40. The molecule has 2 unspecified atom stereocenters. The fraction of sp³-hybridized carbons (Fsp3) is 0.500. The maximum absolute atomic E-state index is 11.4. The summed E-state index contributed by atoms with van der Waals surface area (Å²) in [5, 5.41) is 23.4. The minimum Gasteiger partial charge on any atom is -0.481 e. The third-order valence-corrected chi connectivity index (χ3v) is 4.18. The van der Waals surface area contributed by atoms with Gasteiger partial charge in [-0.05, 0) is 38.8 Å². The molecule has 0 bridgehead atoms. The summed E-state index contributed by atoms with van der Waals surface area (Å²) >= 11 is 0. The summed E-state index contributed by atoms with van der Waals surface area (Å²) in [4.78, 5) is 21.8. The number of carboxylic acid groups (broad SMARTS) is 1. The van der Waals surface area contributed by atoms with E-state index in [4.69, 9.17) is 0 Å². The van der Waals surface area contributed by atoms with Crippen molar-refractivity contribution >= 4 is 17.3 Å². The molecular weight excluding hydrogens is 260 g/mol. The lowest BCUT2D eigenvalue weighted by Gasteiger charge is -2.28. The average molecular weight is 278 g/mol. The van der Waals surface area contributed by atoms with Gasteiger partial charge in [-0.25, -0.2) is 0 Å². The van der Waals surface area contributed by atoms with Gasteiger partial charge in [-0.15, -0.1) is 0 Å². The molecule has 1 aliphatic carbocycles. The van der Waals surface area contributed by atoms with E-state index in [-0.39, 0.29) is 11.7 Å². The van der Waals surface area contributed by atoms with Crippen molar-refractivity contribution < 1.29 is 14.8 Å². The number of hydrogen-bond acceptors (Lipinski definition) is 4. The summed E-state index contributed by atoms with van der Waals surface area (Å²) in [5.41, 5.74) is 0.584. The van der Waals surface area contributed by atoms with Crippen LogP contribution < -0.4 is 5.32 Å². The smallest absolute Gasteiger partial charge is 0.311 e. The predicted octanol–water partition coefficient (Wildman–Crippen LogP) is 2.96. The second-order valence-corrected chi connectivity index (χ2v) is 5.57. The normalized spacial score (nSPS) is 25.4. The third-order valence-electron chi connectivity index (χ3n) is 4.18. The lowest BCUT2D eigenvalue weighted by Crippen LogP contribution is -2.40. The molecule has 1 aromatic carbocycles. The Balaban J connectivity index is 2.20. The molecule has 6 nitrogen and oxygen atoms in total. The lowest BCUT2D eigenvalue weighted by atomic mass is 9.85. The fourth-order valence-corrected chi connectivity index (χ4v) is 2.80. The number of benzene rings is 1. The van der Waals surface area contributed by atoms with Crippen LogP contribution in [0.15, 0.2) is 18.2 Å². The van der Waals surface area contributed by atoms with E-state index in [0.29, 0.717) is 12.0 Å². The molecule has 1 fully saturated rings. The van der Waals surface area contributed by atoms with Crippen molar-refractivity contribution in [1.82, 2.24) is 0 Å². The number of rotatable bonds is 4. The number of nitrogens with one attached hydrogen (secondary N) is 1. The van der Waals surface area contributed by atoms with Gasteiger partial charge >= 0.3 is 5.97 Å². The van der Waals surface area contributed by atoms with Gasteiger partial charge in [0.2, 0.25) is 0 Å². The first-order valence-electron chi connectivity index (χ1n) is 6.59. The van der Waals surface area contributed by atoms with Gasteiger partial charge < -0.3 is 10.4 Å². The highest BCUT2D eigenvalue weighted by Gasteiger charge is 2.45. The van der Waals surface area contributed by atoms with Crippen LogP contribution in [0, 0.1) is 22.5 Å². The zero-order valence-corrected chi connectivity index (χ0v) is 11.5. The van der Waals surface area contributed by atoms with Gasteiger partial charge in [-0.2, -0.15) is 0 Å². The molecular formula is C14H18N2O4. The summed E-state index contributed by atoms with van der Waals surface area (Å²) in [6.45, 7) is 3.42. The molecule has 0 aromatic heterocycles. The van der Waals surface area contributed by atoms with Crippen LogP contribution in [0.1, 0.15) is 31.7 Å². The Morgan fingerprint density at radius 1 is 1.55 bits per heavy atom. The van der Waals surface area contributed by atoms with Gasteiger partial charge in [0.05, 0.1) is 10.3 Å². The zero-order valence-electron chi connectivity index (χ0n) is 11.5. The largest absolute Gasteiger partial charge is 0.481 e. The summed E-state index contributed by atoms with van der Waals surface area (Å²) in [5.74, 6) is -0.800. The highest BCUT2D eigenvalue weighted by atomic mass is 16.6. The number of hydrogen-bond donors (Lipinski definition) is 2. The number of aliphatic carboxylic acids is 1. The highest BCUT2D eigenvalue weighted by molar-refractivity contribution is 5.76. The minimum absolute atomic E-state index is 0.0722. The Hall–Kier alpha value is -2.11. The maximum Gasteiger partial charge on any atom is 0.311 e. The third kappa shape index (κ3) is 2.45. The molecule has 108 valence electrons. The molecule has 0 amide bonds. The molecule has 0 heterocycles. The fourth-order valence-electron chi connectivity index (χ4n) is 2.80. The molecule has 6 heteroatoms. The number of aryl methyl sites for hydroxylation is 1. The molecule has 20 heavy (non-hydrogen) atoms. The number of anilines is 1. The molecule has 0 spiro atoms. The predicted molar refractivity (Wildman–Crippen MR) is 74.8 cm³/mol. The maximum atomic E-state index is 11.4. The molecule has 1 aromatic rings. The van der Waals surface area contributed by atoms with Crippen LogP contribution in [0.4, 0.5) is 11.4 Å². The lowest BCUT2D eigenvalue weighted by molar-refractivity contribution is -0.385. The van der Waals surface area contributed by atoms with Crippen LogP contribution in [-0.2, 0) is 4.79 Å². The second-order valence-electron chi connectivity index (χ2n) is 5.57. The Labute approximate surface area is 117 Å². The van der Waals surface area contributed by atoms with Gasteiger partial charge in [0.1, 0.15) is 0 Å². The van der Waals surface area contributed by atoms with Crippen molar-refractivity contribution in [3.8, 4) is 0 Å². The molecule has 2 rings (SSSR count). The Kier molecular flexibility index (Phi) is 3.65. The molecule has 2 N–H and O–H groups in total. The molecule has 0 radical (unpaired) electrons. The van der Waals surface area contributed by atoms with Gasteiger partial charge in [-0.1, -0.05) is 6.42 Å². The van der Waals surface area contributed by atoms with Crippen molar-refractivity contribution in [2.24, 2.45) is 5.41 Å². The summed E-state index contributed by atoms with van der Waals surface area (Å²) in [7, 11) is 0. The van der Waals surface area contributed by atoms with E-state index in [9.17, 15) is 20.0 Å². The summed E-state index contributed by atoms with van der Waals surface area (Å²) < 4.78 is 0. The first-order chi connectivity index (χ1) is 9.34. The minimum atomic E-state index is -0.800. The van der Waals surface area contributed by atoms with Gasteiger partial charge in [-0.3, -0.25) is 14.9 Å². The van der Waals surface area contributed by atoms with E-state index in [2.05, 4.69) is 5.32 Å². The van der Waals surface area contributed by atoms with Crippen molar-refractivity contribution in [3.63, 3.8) is 0 Å².